The Morgan fingerprint density at radius 3 is 2.41 bits per heavy atom. The maximum absolute atomic E-state index is 13.8. The van der Waals surface area contributed by atoms with E-state index < -0.39 is 17.1 Å². The van der Waals surface area contributed by atoms with Gasteiger partial charge in [0.05, 0.1) is 16.6 Å². The van der Waals surface area contributed by atoms with Crippen LogP contribution in [0, 0.1) is 12.8 Å². The molecule has 1 N–H and O–H groups in total. The standard InChI is InChI=1S/C28H21BrN2O4S2/c1-15-4-2-3-5-17(15)14-35-20-12-6-16(7-13-20)21-22-24(36-25-23(21)37-28(34)30-25)27(33)31(26(22)32)19-10-8-18(29)9-11-19/h2-13,21-22,24H,14H2,1H3,(H,30,34)/t21-,22?,24?/m1/s1. The number of hydrogen-bond donors (Lipinski definition) is 1. The van der Waals surface area contributed by atoms with Gasteiger partial charge in [-0.1, -0.05) is 75.4 Å². The molecule has 2 unspecified atom stereocenters. The van der Waals surface area contributed by atoms with Gasteiger partial charge in [-0.25, -0.2) is 4.90 Å². The summed E-state index contributed by atoms with van der Waals surface area (Å²) in [5.74, 6) is -0.822. The number of aromatic nitrogens is 1. The molecule has 0 radical (unpaired) electrons. The lowest BCUT2D eigenvalue weighted by Crippen LogP contribution is -2.32. The smallest absolute Gasteiger partial charge is 0.305 e. The van der Waals surface area contributed by atoms with Gasteiger partial charge >= 0.3 is 4.87 Å². The van der Waals surface area contributed by atoms with Crippen LogP contribution in [0.1, 0.15) is 27.5 Å². The number of carbonyl (C=O) groups is 2. The van der Waals surface area contributed by atoms with Crippen LogP contribution in [-0.2, 0) is 16.2 Å². The number of H-pyrrole nitrogens is 1. The Kier molecular flexibility index (Phi) is 6.30. The van der Waals surface area contributed by atoms with Crippen LogP contribution >= 0.6 is 39.0 Å². The third-order valence-electron chi connectivity index (χ3n) is 6.80. The number of carbonyl (C=O) groups excluding carboxylic acids is 2. The Hall–Kier alpha value is -3.14. The van der Waals surface area contributed by atoms with Crippen molar-refractivity contribution < 1.29 is 14.3 Å². The minimum atomic E-state index is -0.615. The number of imide groups is 1. The number of nitrogens with zero attached hydrogens (tertiary/aromatic N) is 1. The van der Waals surface area contributed by atoms with Crippen LogP contribution in [0.15, 0.2) is 87.1 Å². The summed E-state index contributed by atoms with van der Waals surface area (Å²) in [5.41, 5.74) is 3.70. The highest BCUT2D eigenvalue weighted by Crippen LogP contribution is 2.53. The zero-order chi connectivity index (χ0) is 25.7. The molecule has 2 aliphatic rings. The molecule has 37 heavy (non-hydrogen) atoms. The lowest BCUT2D eigenvalue weighted by atomic mass is 9.83. The van der Waals surface area contributed by atoms with Crippen molar-refractivity contribution in [3.05, 3.63) is 109 Å². The van der Waals surface area contributed by atoms with Gasteiger partial charge in [-0.05, 0) is 60.0 Å². The molecule has 2 amide bonds. The molecule has 2 aliphatic heterocycles. The first-order valence-electron chi connectivity index (χ1n) is 11.7. The number of halogens is 1. The molecule has 186 valence electrons. The van der Waals surface area contributed by atoms with Crippen LogP contribution in [-0.4, -0.2) is 22.0 Å². The summed E-state index contributed by atoms with van der Waals surface area (Å²) in [7, 11) is 0. The van der Waals surface area contributed by atoms with E-state index in [1.54, 1.807) is 12.1 Å². The van der Waals surface area contributed by atoms with Gasteiger partial charge in [-0.15, -0.1) is 0 Å². The van der Waals surface area contributed by atoms with E-state index in [9.17, 15) is 14.4 Å². The molecule has 0 saturated carbocycles. The second kappa shape index (κ2) is 9.63. The number of fused-ring (bicyclic) bond motifs is 2. The van der Waals surface area contributed by atoms with Crippen molar-refractivity contribution in [1.82, 2.24) is 4.98 Å². The first kappa shape index (κ1) is 24.2. The number of benzene rings is 3. The maximum Gasteiger partial charge on any atom is 0.305 e. The van der Waals surface area contributed by atoms with E-state index >= 15 is 0 Å². The lowest BCUT2D eigenvalue weighted by molar-refractivity contribution is -0.122. The van der Waals surface area contributed by atoms with Crippen molar-refractivity contribution in [2.75, 3.05) is 4.90 Å². The molecule has 0 aliphatic carbocycles. The van der Waals surface area contributed by atoms with Crippen molar-refractivity contribution in [3.8, 4) is 5.75 Å². The molecule has 4 aromatic rings. The molecule has 6 rings (SSSR count). The van der Waals surface area contributed by atoms with Gasteiger partial charge in [0.15, 0.2) is 0 Å². The number of amides is 2. The monoisotopic (exact) mass is 592 g/mol. The maximum atomic E-state index is 13.8. The minimum Gasteiger partial charge on any atom is -0.489 e. The zero-order valence-corrected chi connectivity index (χ0v) is 22.9. The molecule has 0 bridgehead atoms. The number of thioether (sulfide) groups is 1. The van der Waals surface area contributed by atoms with Gasteiger partial charge in [-0.2, -0.15) is 0 Å². The van der Waals surface area contributed by atoms with E-state index in [4.69, 9.17) is 4.74 Å². The first-order chi connectivity index (χ1) is 17.9. The Morgan fingerprint density at radius 1 is 0.946 bits per heavy atom. The van der Waals surface area contributed by atoms with E-state index in [0.717, 1.165) is 31.8 Å². The van der Waals surface area contributed by atoms with E-state index in [1.165, 1.54) is 22.2 Å². The third-order valence-corrected chi connectivity index (χ3v) is 9.73. The Labute approximate surface area is 229 Å². The number of aryl methyl sites for hydroxylation is 1. The summed E-state index contributed by atoms with van der Waals surface area (Å²) in [4.78, 5) is 44.3. The predicted molar refractivity (Wildman–Crippen MR) is 149 cm³/mol. The van der Waals surface area contributed by atoms with Crippen LogP contribution in [0.4, 0.5) is 5.69 Å². The molecule has 3 atom stereocenters. The summed E-state index contributed by atoms with van der Waals surface area (Å²) >= 11 is 5.79. The molecule has 0 spiro atoms. The lowest BCUT2D eigenvalue weighted by Gasteiger charge is -2.29. The number of thiazole rings is 1. The van der Waals surface area contributed by atoms with Crippen molar-refractivity contribution in [2.45, 2.75) is 29.7 Å². The van der Waals surface area contributed by atoms with Crippen LogP contribution in [0.3, 0.4) is 0 Å². The predicted octanol–water partition coefficient (Wildman–Crippen LogP) is 5.88. The van der Waals surface area contributed by atoms with Crippen LogP contribution in [0.25, 0.3) is 0 Å². The number of aromatic amines is 1. The molecule has 1 saturated heterocycles. The highest BCUT2D eigenvalue weighted by molar-refractivity contribution is 9.10. The number of nitrogens with one attached hydrogen (secondary N) is 1. The second-order valence-electron chi connectivity index (χ2n) is 9.02. The highest BCUT2D eigenvalue weighted by atomic mass is 79.9. The molecular formula is C28H21BrN2O4S2. The fourth-order valence-electron chi connectivity index (χ4n) is 4.93. The number of rotatable bonds is 5. The van der Waals surface area contributed by atoms with Crippen LogP contribution in [0.2, 0.25) is 0 Å². The van der Waals surface area contributed by atoms with Crippen molar-refractivity contribution in [3.63, 3.8) is 0 Å². The molecule has 3 aromatic carbocycles. The molecule has 3 heterocycles. The van der Waals surface area contributed by atoms with Gasteiger partial charge in [0, 0.05) is 15.3 Å². The van der Waals surface area contributed by atoms with Crippen molar-refractivity contribution >= 4 is 56.5 Å². The largest absolute Gasteiger partial charge is 0.489 e. The van der Waals surface area contributed by atoms with E-state index in [2.05, 4.69) is 33.9 Å². The van der Waals surface area contributed by atoms with Crippen molar-refractivity contribution in [2.24, 2.45) is 5.92 Å². The molecule has 1 aromatic heterocycles. The van der Waals surface area contributed by atoms with E-state index in [1.807, 2.05) is 54.6 Å². The fraction of sp³-hybridized carbons (Fsp3) is 0.179. The average Bonchev–Trinajstić information content (AvgIpc) is 3.39. The Bertz CT molecular complexity index is 1560. The minimum absolute atomic E-state index is 0.190. The highest BCUT2D eigenvalue weighted by Gasteiger charge is 2.56. The summed E-state index contributed by atoms with van der Waals surface area (Å²) in [5, 5.41) is 0.0517. The van der Waals surface area contributed by atoms with Gasteiger partial charge in [-0.3, -0.25) is 14.4 Å². The SMILES string of the molecule is Cc1ccccc1COc1ccc([C@H]2c3sc(=O)[nH]c3SC3C(=O)N(c4ccc(Br)cc4)C(=O)C32)cc1. The summed E-state index contributed by atoms with van der Waals surface area (Å²) < 4.78 is 6.87. The zero-order valence-electron chi connectivity index (χ0n) is 19.6. The summed E-state index contributed by atoms with van der Waals surface area (Å²) in [6.07, 6.45) is 0. The van der Waals surface area contributed by atoms with Crippen LogP contribution < -0.4 is 14.5 Å². The van der Waals surface area contributed by atoms with Crippen molar-refractivity contribution in [1.29, 1.82) is 0 Å². The van der Waals surface area contributed by atoms with E-state index in [0.29, 0.717) is 23.1 Å². The van der Waals surface area contributed by atoms with Gasteiger partial charge in [0.25, 0.3) is 0 Å². The van der Waals surface area contributed by atoms with E-state index in [-0.39, 0.29) is 16.7 Å². The molecular weight excluding hydrogens is 572 g/mol. The average molecular weight is 594 g/mol. The van der Waals surface area contributed by atoms with Gasteiger partial charge in [0.2, 0.25) is 11.8 Å². The summed E-state index contributed by atoms with van der Waals surface area (Å²) in [6.45, 7) is 2.51. The van der Waals surface area contributed by atoms with Crippen LogP contribution in [0.5, 0.6) is 5.75 Å². The number of ether oxygens (including phenoxy) is 1. The number of hydrogen-bond acceptors (Lipinski definition) is 6. The molecule has 1 fully saturated rings. The number of anilines is 1. The summed E-state index contributed by atoms with van der Waals surface area (Å²) in [6, 6.07) is 22.8. The second-order valence-corrected chi connectivity index (χ2v) is 12.1. The quantitative estimate of drug-likeness (QED) is 0.293. The topological polar surface area (TPSA) is 79.5 Å². The molecule has 9 heteroatoms. The molecule has 6 nitrogen and oxygen atoms in total. The normalized spacial score (nSPS) is 20.6. The van der Waals surface area contributed by atoms with Gasteiger partial charge < -0.3 is 9.72 Å². The Morgan fingerprint density at radius 2 is 1.68 bits per heavy atom. The Balaban J connectivity index is 1.33. The van der Waals surface area contributed by atoms with Gasteiger partial charge in [0.1, 0.15) is 17.6 Å². The fourth-order valence-corrected chi connectivity index (χ4v) is 7.70. The first-order valence-corrected chi connectivity index (χ1v) is 14.2. The third kappa shape index (κ3) is 4.35.